The number of allylic oxidation sites excluding steroid dienone is 2. The zero-order valence-corrected chi connectivity index (χ0v) is 36.5. The van der Waals surface area contributed by atoms with Crippen molar-refractivity contribution >= 4 is 50.5 Å². The third-order valence-electron chi connectivity index (χ3n) is 10.9. The summed E-state index contributed by atoms with van der Waals surface area (Å²) in [6.45, 7) is 29.2. The molecule has 0 fully saturated rings. The van der Waals surface area contributed by atoms with Gasteiger partial charge in [0.2, 0.25) is 0 Å². The van der Waals surface area contributed by atoms with Crippen LogP contribution in [0.5, 0.6) is 0 Å². The number of carbonyl (C=O) groups excluding carboxylic acids is 1. The second-order valence-corrected chi connectivity index (χ2v) is 16.8. The van der Waals surface area contributed by atoms with Crippen LogP contribution in [0.3, 0.4) is 0 Å². The average Bonchev–Trinajstić information content (AvgIpc) is 3.63. The second kappa shape index (κ2) is 17.3. The van der Waals surface area contributed by atoms with Crippen LogP contribution in [0, 0.1) is 29.7 Å². The molecule has 0 spiro atoms. The number of nitrogens with zero attached hydrogens (tertiary/aromatic N) is 1. The van der Waals surface area contributed by atoms with E-state index >= 15 is 0 Å². The Bertz CT molecular complexity index is 2050. The number of aryl methyl sites for hydroxylation is 1. The molecular formula is C45H58IrNO4S-. The van der Waals surface area contributed by atoms with Crippen LogP contribution in [0.2, 0.25) is 0 Å². The van der Waals surface area contributed by atoms with Crippen molar-refractivity contribution < 1.29 is 38.8 Å². The number of furan rings is 2. The Morgan fingerprint density at radius 3 is 2.13 bits per heavy atom. The van der Waals surface area contributed by atoms with E-state index in [0.29, 0.717) is 5.92 Å². The summed E-state index contributed by atoms with van der Waals surface area (Å²) < 4.78 is 12.7. The van der Waals surface area contributed by atoms with Crippen LogP contribution in [0.1, 0.15) is 119 Å². The third kappa shape index (κ3) is 8.80. The largest absolute Gasteiger partial charge is 0.512 e. The minimum absolute atomic E-state index is 0. The fraction of sp³-hybridized carbons (Fsp3) is 0.467. The van der Waals surface area contributed by atoms with Gasteiger partial charge in [-0.3, -0.25) is 4.79 Å². The van der Waals surface area contributed by atoms with Crippen LogP contribution in [0.25, 0.3) is 44.2 Å². The number of pyridine rings is 1. The van der Waals surface area contributed by atoms with E-state index < -0.39 is 0 Å². The molecule has 5 aromatic rings. The number of fused-ring (bicyclic) bond motifs is 5. The number of aliphatic hydroxyl groups is 1. The monoisotopic (exact) mass is 901 g/mol. The zero-order chi connectivity index (χ0) is 37.9. The van der Waals surface area contributed by atoms with Crippen LogP contribution in [-0.4, -0.2) is 15.9 Å². The van der Waals surface area contributed by atoms with Crippen molar-refractivity contribution in [1.82, 2.24) is 4.98 Å². The van der Waals surface area contributed by atoms with Crippen molar-refractivity contribution in [1.29, 1.82) is 0 Å². The summed E-state index contributed by atoms with van der Waals surface area (Å²) >= 11 is 1.63. The van der Waals surface area contributed by atoms with E-state index in [-0.39, 0.29) is 47.9 Å². The van der Waals surface area contributed by atoms with E-state index in [0.717, 1.165) is 87.6 Å². The molecule has 0 amide bonds. The first-order valence-corrected chi connectivity index (χ1v) is 19.4. The molecule has 1 N–H and O–H groups in total. The maximum absolute atomic E-state index is 12.2. The van der Waals surface area contributed by atoms with Crippen molar-refractivity contribution in [2.45, 2.75) is 125 Å². The molecule has 0 aliphatic heterocycles. The van der Waals surface area contributed by atoms with Gasteiger partial charge in [-0.2, -0.15) is 11.8 Å². The molecule has 5 nitrogen and oxygen atoms in total. The summed E-state index contributed by atoms with van der Waals surface area (Å²) in [7, 11) is 0. The summed E-state index contributed by atoms with van der Waals surface area (Å²) in [6.07, 6.45) is 7.49. The van der Waals surface area contributed by atoms with Crippen LogP contribution >= 0.6 is 11.8 Å². The summed E-state index contributed by atoms with van der Waals surface area (Å²) in [5, 5.41) is 15.1. The number of benzene rings is 2. The number of hydrogen-bond acceptors (Lipinski definition) is 6. The summed E-state index contributed by atoms with van der Waals surface area (Å²) in [4.78, 5) is 18.2. The molecule has 0 aliphatic rings. The van der Waals surface area contributed by atoms with E-state index in [1.165, 1.54) is 16.5 Å². The molecule has 1 radical (unpaired) electrons. The maximum Gasteiger partial charge on any atom is 0.164 e. The minimum Gasteiger partial charge on any atom is -0.512 e. The third-order valence-corrected chi connectivity index (χ3v) is 11.7. The van der Waals surface area contributed by atoms with E-state index in [1.54, 1.807) is 11.8 Å². The van der Waals surface area contributed by atoms with E-state index in [9.17, 15) is 9.90 Å². The number of aliphatic hydroxyl groups excluding tert-OH is 1. The van der Waals surface area contributed by atoms with Gasteiger partial charge < -0.3 is 18.9 Å². The standard InChI is InChI=1S/C30H30NO2S.C15H28O2.Ir/c1-8-34-25-12-9-19(16-21(25)30(5,6)7)28-27-20-10-11-22-26(18(4)24(32-22)15-17(2)3)29(20)33-23(27)13-14-31-28;1-7-14(5,8-2)12(16)11-13(17)15(6,9-3)10-4;/h8,10-14,16-17H,1,15H2,2-7H3;11,16H,7-10H2,1-6H3;/q-1;;/b;12-11-;. The molecule has 0 bridgehead atoms. The first kappa shape index (κ1) is 43.3. The molecule has 0 atom stereocenters. The van der Waals surface area contributed by atoms with Crippen LogP contribution in [-0.2, 0) is 36.7 Å². The van der Waals surface area contributed by atoms with Gasteiger partial charge in [-0.1, -0.05) is 87.6 Å². The molecule has 0 saturated heterocycles. The fourth-order valence-corrected chi connectivity index (χ4v) is 7.20. The van der Waals surface area contributed by atoms with Crippen molar-refractivity contribution in [3.8, 4) is 11.3 Å². The first-order chi connectivity index (χ1) is 24.0. The van der Waals surface area contributed by atoms with E-state index in [2.05, 4.69) is 78.5 Å². The normalized spacial score (nSPS) is 12.7. The van der Waals surface area contributed by atoms with Crippen molar-refractivity contribution in [3.63, 3.8) is 0 Å². The van der Waals surface area contributed by atoms with Gasteiger partial charge in [0, 0.05) is 66.0 Å². The quantitative estimate of drug-likeness (QED) is 0.0582. The minimum atomic E-state index is -0.337. The Labute approximate surface area is 329 Å². The Balaban J connectivity index is 0.000000347. The molecule has 2 aromatic carbocycles. The van der Waals surface area contributed by atoms with Gasteiger partial charge >= 0.3 is 0 Å². The molecule has 7 heteroatoms. The Morgan fingerprint density at radius 1 is 0.962 bits per heavy atom. The molecule has 283 valence electrons. The Hall–Kier alpha value is -3.12. The van der Waals surface area contributed by atoms with Gasteiger partial charge in [-0.05, 0) is 73.2 Å². The summed E-state index contributed by atoms with van der Waals surface area (Å²) in [5.74, 6) is 1.85. The Kier molecular flexibility index (Phi) is 14.4. The number of ketones is 1. The van der Waals surface area contributed by atoms with Crippen LogP contribution < -0.4 is 0 Å². The summed E-state index contributed by atoms with van der Waals surface area (Å²) in [5.41, 5.74) is 6.22. The van der Waals surface area contributed by atoms with Gasteiger partial charge in [0.05, 0.1) is 5.39 Å². The molecule has 0 aliphatic carbocycles. The number of hydrogen-bond donors (Lipinski definition) is 1. The molecular weight excluding hydrogens is 843 g/mol. The SMILES string of the molecule is C=CSc1c[c-]c(-c2nccc3oc4c(ccc5oc(CC(C)C)c(C)c54)c23)cc1C(C)(C)C.CCC(C)(CC)C(=O)/C=C(\O)C(C)(CC)CC.[Ir]. The summed E-state index contributed by atoms with van der Waals surface area (Å²) in [6, 6.07) is 13.9. The number of rotatable bonds is 12. The molecule has 0 saturated carbocycles. The molecule has 52 heavy (non-hydrogen) atoms. The second-order valence-electron chi connectivity index (χ2n) is 15.8. The fourth-order valence-electron chi connectivity index (χ4n) is 6.40. The maximum atomic E-state index is 12.2. The topological polar surface area (TPSA) is 76.5 Å². The molecule has 5 rings (SSSR count). The van der Waals surface area contributed by atoms with E-state index in [1.807, 2.05) is 59.2 Å². The van der Waals surface area contributed by atoms with Gasteiger partial charge in [0.1, 0.15) is 28.3 Å². The Morgan fingerprint density at radius 2 is 1.58 bits per heavy atom. The number of carbonyl (C=O) groups is 1. The van der Waals surface area contributed by atoms with Gasteiger partial charge in [0.25, 0.3) is 0 Å². The van der Waals surface area contributed by atoms with Crippen LogP contribution in [0.15, 0.2) is 74.1 Å². The molecule has 3 heterocycles. The van der Waals surface area contributed by atoms with Crippen LogP contribution in [0.4, 0.5) is 0 Å². The molecule has 0 unspecified atom stereocenters. The number of aromatic nitrogens is 1. The smallest absolute Gasteiger partial charge is 0.164 e. The predicted molar refractivity (Wildman–Crippen MR) is 217 cm³/mol. The molecule has 3 aromatic heterocycles. The van der Waals surface area contributed by atoms with Crippen molar-refractivity contribution in [2.24, 2.45) is 16.7 Å². The van der Waals surface area contributed by atoms with Crippen molar-refractivity contribution in [3.05, 3.63) is 83.3 Å². The first-order valence-electron chi connectivity index (χ1n) is 18.5. The van der Waals surface area contributed by atoms with Gasteiger partial charge in [-0.15, -0.1) is 29.3 Å². The average molecular weight is 901 g/mol. The predicted octanol–water partition coefficient (Wildman–Crippen LogP) is 13.9. The van der Waals surface area contributed by atoms with Crippen molar-refractivity contribution in [2.75, 3.05) is 0 Å². The van der Waals surface area contributed by atoms with Gasteiger partial charge in [0.15, 0.2) is 5.78 Å². The number of thioether (sulfide) groups is 1. The zero-order valence-electron chi connectivity index (χ0n) is 33.3. The van der Waals surface area contributed by atoms with E-state index in [4.69, 9.17) is 13.8 Å². The van der Waals surface area contributed by atoms with Gasteiger partial charge in [-0.25, -0.2) is 0 Å².